The topological polar surface area (TPSA) is 50.1 Å². The minimum absolute atomic E-state index is 0.349. The maximum absolute atomic E-state index is 11.3. The van der Waals surface area contributed by atoms with Crippen LogP contribution in [0.5, 0.6) is 0 Å². The highest BCUT2D eigenvalue weighted by Gasteiger charge is 2.27. The van der Waals surface area contributed by atoms with Crippen molar-refractivity contribution >= 4 is 11.5 Å². The zero-order chi connectivity index (χ0) is 17.4. The van der Waals surface area contributed by atoms with Crippen LogP contribution in [-0.4, -0.2) is 12.6 Å². The van der Waals surface area contributed by atoms with Crippen LogP contribution in [0.3, 0.4) is 0 Å². The lowest BCUT2D eigenvalue weighted by Gasteiger charge is -2.25. The molecule has 0 saturated carbocycles. The minimum atomic E-state index is -0.448. The van der Waals surface area contributed by atoms with E-state index in [0.29, 0.717) is 12.2 Å². The summed E-state index contributed by atoms with van der Waals surface area (Å²) < 4.78 is 5.08. The van der Waals surface area contributed by atoms with E-state index in [2.05, 4.69) is 30.9 Å². The third kappa shape index (κ3) is 4.70. The number of unbranched alkanes of at least 4 members (excludes halogenated alkanes) is 1. The summed E-state index contributed by atoms with van der Waals surface area (Å²) in [5.41, 5.74) is 2.30. The number of nitriles is 1. The van der Waals surface area contributed by atoms with Gasteiger partial charge in [0.2, 0.25) is 0 Å². The van der Waals surface area contributed by atoms with Gasteiger partial charge in [0.05, 0.1) is 18.1 Å². The number of hydrogen-bond donors (Lipinski definition) is 0. The van der Waals surface area contributed by atoms with Crippen molar-refractivity contribution in [3.8, 4) is 6.07 Å². The highest BCUT2D eigenvalue weighted by molar-refractivity contribution is 5.86. The number of carbonyl (C=O) groups excluding carboxylic acids is 1. The molecule has 1 aromatic rings. The Morgan fingerprint density at radius 1 is 1.33 bits per heavy atom. The predicted molar refractivity (Wildman–Crippen MR) is 95.8 cm³/mol. The largest absolute Gasteiger partial charge is 0.462 e. The van der Waals surface area contributed by atoms with Crippen LogP contribution in [0.15, 0.2) is 60.7 Å². The molecule has 0 saturated heterocycles. The quantitative estimate of drug-likeness (QED) is 0.410. The van der Waals surface area contributed by atoms with E-state index in [4.69, 9.17) is 4.74 Å². The lowest BCUT2D eigenvalue weighted by Crippen LogP contribution is -2.17. The van der Waals surface area contributed by atoms with Gasteiger partial charge in [-0.05, 0) is 43.7 Å². The van der Waals surface area contributed by atoms with Gasteiger partial charge in [0.25, 0.3) is 0 Å². The van der Waals surface area contributed by atoms with Crippen LogP contribution < -0.4 is 0 Å². The Bertz CT molecular complexity index is 694. The summed E-state index contributed by atoms with van der Waals surface area (Å²) in [5, 5.41) is 9.59. The number of allylic oxidation sites excluding steroid dienone is 4. The number of hydrogen-bond acceptors (Lipinski definition) is 3. The molecule has 0 N–H and O–H groups in total. The van der Waals surface area contributed by atoms with E-state index in [0.717, 1.165) is 31.3 Å². The fourth-order valence-electron chi connectivity index (χ4n) is 2.68. The Balaban J connectivity index is 1.83. The van der Waals surface area contributed by atoms with E-state index in [1.54, 1.807) is 6.92 Å². The van der Waals surface area contributed by atoms with Crippen molar-refractivity contribution in [2.75, 3.05) is 6.61 Å². The molecule has 0 spiro atoms. The van der Waals surface area contributed by atoms with Crippen LogP contribution >= 0.6 is 0 Å². The van der Waals surface area contributed by atoms with E-state index in [9.17, 15) is 10.1 Å². The molecule has 24 heavy (non-hydrogen) atoms. The smallest absolute Gasteiger partial charge is 0.333 e. The summed E-state index contributed by atoms with van der Waals surface area (Å²) in [5.74, 6) is -0.349. The molecule has 0 radical (unpaired) electrons. The van der Waals surface area contributed by atoms with Gasteiger partial charge in [-0.3, -0.25) is 0 Å². The third-order valence-electron chi connectivity index (χ3n) is 4.20. The number of rotatable bonds is 7. The molecule has 1 aliphatic rings. The molecule has 0 amide bonds. The molecule has 1 aromatic carbocycles. The lowest BCUT2D eigenvalue weighted by atomic mass is 9.76. The second kappa shape index (κ2) is 8.31. The maximum atomic E-state index is 11.3. The summed E-state index contributed by atoms with van der Waals surface area (Å²) in [6.45, 7) is 5.56. The van der Waals surface area contributed by atoms with Crippen molar-refractivity contribution in [2.24, 2.45) is 5.41 Å². The van der Waals surface area contributed by atoms with Gasteiger partial charge in [-0.15, -0.1) is 0 Å². The van der Waals surface area contributed by atoms with Crippen LogP contribution in [0.2, 0.25) is 0 Å². The molecule has 0 fully saturated rings. The van der Waals surface area contributed by atoms with Crippen LogP contribution in [0.25, 0.3) is 5.57 Å². The second-order valence-electron chi connectivity index (χ2n) is 6.20. The summed E-state index contributed by atoms with van der Waals surface area (Å²) in [6, 6.07) is 12.6. The van der Waals surface area contributed by atoms with Crippen molar-refractivity contribution in [1.29, 1.82) is 5.26 Å². The summed E-state index contributed by atoms with van der Waals surface area (Å²) in [4.78, 5) is 11.3. The highest BCUT2D eigenvalue weighted by atomic mass is 16.5. The van der Waals surface area contributed by atoms with Gasteiger partial charge in [-0.25, -0.2) is 4.79 Å². The average Bonchev–Trinajstić information content (AvgIpc) is 2.62. The first-order chi connectivity index (χ1) is 11.6. The van der Waals surface area contributed by atoms with E-state index >= 15 is 0 Å². The number of esters is 1. The molecule has 1 aliphatic carbocycles. The van der Waals surface area contributed by atoms with E-state index in [-0.39, 0.29) is 5.97 Å². The monoisotopic (exact) mass is 321 g/mol. The van der Waals surface area contributed by atoms with Gasteiger partial charge < -0.3 is 4.74 Å². The van der Waals surface area contributed by atoms with Crippen LogP contribution in [0.4, 0.5) is 0 Å². The Morgan fingerprint density at radius 3 is 2.67 bits per heavy atom. The summed E-state index contributed by atoms with van der Waals surface area (Å²) >= 11 is 0. The Kier molecular flexibility index (Phi) is 6.14. The van der Waals surface area contributed by atoms with Crippen LogP contribution in [0, 0.1) is 16.7 Å². The van der Waals surface area contributed by atoms with E-state index in [1.165, 1.54) is 5.56 Å². The molecule has 0 bridgehead atoms. The number of benzene rings is 1. The first-order valence-corrected chi connectivity index (χ1v) is 8.25. The SMILES string of the molecule is C=C(C)C(=O)OCCCCC1(C#N)C=CC(c2ccccc2)=CC1. The normalized spacial score (nSPS) is 19.2. The van der Waals surface area contributed by atoms with Crippen molar-refractivity contribution in [3.63, 3.8) is 0 Å². The second-order valence-corrected chi connectivity index (χ2v) is 6.20. The molecule has 1 unspecified atom stereocenters. The van der Waals surface area contributed by atoms with Crippen molar-refractivity contribution < 1.29 is 9.53 Å². The number of ether oxygens (including phenoxy) is 1. The van der Waals surface area contributed by atoms with Gasteiger partial charge in [0.15, 0.2) is 0 Å². The molecular weight excluding hydrogens is 298 g/mol. The third-order valence-corrected chi connectivity index (χ3v) is 4.20. The molecular formula is C21H23NO2. The zero-order valence-corrected chi connectivity index (χ0v) is 14.1. The van der Waals surface area contributed by atoms with E-state index < -0.39 is 5.41 Å². The summed E-state index contributed by atoms with van der Waals surface area (Å²) in [7, 11) is 0. The average molecular weight is 321 g/mol. The fraction of sp³-hybridized carbons (Fsp3) is 0.333. The van der Waals surface area contributed by atoms with E-state index in [1.807, 2.05) is 30.4 Å². The molecule has 124 valence electrons. The zero-order valence-electron chi connectivity index (χ0n) is 14.1. The molecule has 0 heterocycles. The van der Waals surface area contributed by atoms with Crippen molar-refractivity contribution in [3.05, 3.63) is 66.3 Å². The molecule has 1 atom stereocenters. The van der Waals surface area contributed by atoms with Gasteiger partial charge in [0, 0.05) is 5.57 Å². The molecule has 3 heteroatoms. The lowest BCUT2D eigenvalue weighted by molar-refractivity contribution is -0.139. The molecule has 0 aromatic heterocycles. The van der Waals surface area contributed by atoms with Gasteiger partial charge in [-0.1, -0.05) is 55.1 Å². The highest BCUT2D eigenvalue weighted by Crippen LogP contribution is 2.36. The van der Waals surface area contributed by atoms with Crippen molar-refractivity contribution in [2.45, 2.75) is 32.6 Å². The van der Waals surface area contributed by atoms with Crippen molar-refractivity contribution in [1.82, 2.24) is 0 Å². The first kappa shape index (κ1) is 17.7. The molecule has 2 rings (SSSR count). The maximum Gasteiger partial charge on any atom is 0.333 e. The Labute approximate surface area is 143 Å². The standard InChI is InChI=1S/C21H23NO2/c1-17(2)20(23)24-15-7-6-12-21(16-22)13-10-19(11-14-21)18-8-4-3-5-9-18/h3-5,8-11,13H,1,6-7,12,14-15H2,2H3. The number of carbonyl (C=O) groups is 1. The van der Waals surface area contributed by atoms with Gasteiger partial charge >= 0.3 is 5.97 Å². The fourth-order valence-corrected chi connectivity index (χ4v) is 2.68. The Morgan fingerprint density at radius 2 is 2.08 bits per heavy atom. The first-order valence-electron chi connectivity index (χ1n) is 8.25. The minimum Gasteiger partial charge on any atom is -0.462 e. The predicted octanol–water partition coefficient (Wildman–Crippen LogP) is 4.83. The van der Waals surface area contributed by atoms with Crippen LogP contribution in [0.1, 0.15) is 38.2 Å². The van der Waals surface area contributed by atoms with Gasteiger partial charge in [-0.2, -0.15) is 5.26 Å². The summed E-state index contributed by atoms with van der Waals surface area (Å²) in [6.07, 6.45) is 9.29. The molecule has 0 aliphatic heterocycles. The number of nitrogens with zero attached hydrogens (tertiary/aromatic N) is 1. The van der Waals surface area contributed by atoms with Crippen LogP contribution in [-0.2, 0) is 9.53 Å². The molecule has 3 nitrogen and oxygen atoms in total. The van der Waals surface area contributed by atoms with Gasteiger partial charge in [0.1, 0.15) is 0 Å². The Hall–Kier alpha value is -2.60.